The van der Waals surface area contributed by atoms with Crippen LogP contribution in [0.5, 0.6) is 0 Å². The Labute approximate surface area is 153 Å². The van der Waals surface area contributed by atoms with Crippen molar-refractivity contribution < 1.29 is 9.53 Å². The highest BCUT2D eigenvalue weighted by Crippen LogP contribution is 2.48. The second-order valence-electron chi connectivity index (χ2n) is 8.27. The lowest BCUT2D eigenvalue weighted by molar-refractivity contribution is -0.139. The van der Waals surface area contributed by atoms with Gasteiger partial charge in [0, 0.05) is 26.6 Å². The molecule has 1 aromatic carbocycles. The number of benzene rings is 1. The van der Waals surface area contributed by atoms with E-state index in [-0.39, 0.29) is 16.9 Å². The minimum Gasteiger partial charge on any atom is -0.375 e. The lowest BCUT2D eigenvalue weighted by Crippen LogP contribution is -2.47. The van der Waals surface area contributed by atoms with Gasteiger partial charge in [-0.3, -0.25) is 4.79 Å². The first-order chi connectivity index (χ1) is 11.8. The third-order valence-corrected chi connectivity index (χ3v) is 6.29. The van der Waals surface area contributed by atoms with Crippen molar-refractivity contribution in [3.63, 3.8) is 0 Å². The van der Waals surface area contributed by atoms with E-state index in [0.29, 0.717) is 12.5 Å². The van der Waals surface area contributed by atoms with Gasteiger partial charge >= 0.3 is 0 Å². The summed E-state index contributed by atoms with van der Waals surface area (Å²) in [5.41, 5.74) is 1.43. The smallest absolute Gasteiger partial charge is 0.219 e. The quantitative estimate of drug-likeness (QED) is 0.692. The molecule has 1 saturated heterocycles. The molecule has 0 aliphatic carbocycles. The number of amides is 1. The Kier molecular flexibility index (Phi) is 6.67. The zero-order valence-corrected chi connectivity index (χ0v) is 16.7. The fraction of sp³-hybridized carbons (Fsp3) is 0.682. The molecule has 0 spiro atoms. The van der Waals surface area contributed by atoms with E-state index in [1.165, 1.54) is 5.56 Å². The predicted molar refractivity (Wildman–Crippen MR) is 103 cm³/mol. The monoisotopic (exact) mass is 345 g/mol. The molecule has 0 aromatic heterocycles. The standard InChI is InChI=1S/C22H35NO2/c1-6-21(5)17-22(18(2)3,13-15-25-21)12-14-23(19(4)24)16-20-10-8-7-9-11-20/h7-11,18H,6,12-17H2,1-5H3/t21-,22-/m0/s1. The van der Waals surface area contributed by atoms with Crippen LogP contribution < -0.4 is 0 Å². The molecule has 0 radical (unpaired) electrons. The molecule has 3 heteroatoms. The van der Waals surface area contributed by atoms with Gasteiger partial charge in [0.15, 0.2) is 0 Å². The predicted octanol–water partition coefficient (Wildman–Crippen LogP) is 5.05. The summed E-state index contributed by atoms with van der Waals surface area (Å²) < 4.78 is 6.09. The van der Waals surface area contributed by atoms with Gasteiger partial charge in [-0.25, -0.2) is 0 Å². The number of nitrogens with zero attached hydrogens (tertiary/aromatic N) is 1. The molecular formula is C22H35NO2. The second kappa shape index (κ2) is 8.35. The van der Waals surface area contributed by atoms with Crippen molar-refractivity contribution in [2.75, 3.05) is 13.2 Å². The molecule has 0 bridgehead atoms. The van der Waals surface area contributed by atoms with Gasteiger partial charge in [0.25, 0.3) is 0 Å². The van der Waals surface area contributed by atoms with E-state index in [1.54, 1.807) is 6.92 Å². The Morgan fingerprint density at radius 2 is 1.96 bits per heavy atom. The van der Waals surface area contributed by atoms with Crippen molar-refractivity contribution >= 4 is 5.91 Å². The highest BCUT2D eigenvalue weighted by atomic mass is 16.5. The van der Waals surface area contributed by atoms with E-state index in [4.69, 9.17) is 4.74 Å². The highest BCUT2D eigenvalue weighted by molar-refractivity contribution is 5.73. The average molecular weight is 346 g/mol. The lowest BCUT2D eigenvalue weighted by atomic mass is 9.64. The Morgan fingerprint density at radius 1 is 1.28 bits per heavy atom. The summed E-state index contributed by atoms with van der Waals surface area (Å²) in [6, 6.07) is 10.3. The fourth-order valence-electron chi connectivity index (χ4n) is 4.12. The van der Waals surface area contributed by atoms with Crippen molar-refractivity contribution in [3.8, 4) is 0 Å². The van der Waals surface area contributed by atoms with Gasteiger partial charge in [0.05, 0.1) is 5.60 Å². The van der Waals surface area contributed by atoms with Gasteiger partial charge in [0.1, 0.15) is 0 Å². The summed E-state index contributed by atoms with van der Waals surface area (Å²) in [6.45, 7) is 13.2. The first kappa shape index (κ1) is 20.0. The van der Waals surface area contributed by atoms with E-state index in [0.717, 1.165) is 38.8 Å². The van der Waals surface area contributed by atoms with Gasteiger partial charge in [0.2, 0.25) is 5.91 Å². The van der Waals surface area contributed by atoms with Gasteiger partial charge in [-0.15, -0.1) is 0 Å². The molecule has 140 valence electrons. The van der Waals surface area contributed by atoms with Crippen LogP contribution in [0.4, 0.5) is 0 Å². The number of ether oxygens (including phenoxy) is 1. The Balaban J connectivity index is 2.09. The van der Waals surface area contributed by atoms with Crippen molar-refractivity contribution in [1.29, 1.82) is 0 Å². The first-order valence-electron chi connectivity index (χ1n) is 9.74. The number of carbonyl (C=O) groups excluding carboxylic acids is 1. The molecule has 1 amide bonds. The molecular weight excluding hydrogens is 310 g/mol. The molecule has 3 nitrogen and oxygen atoms in total. The molecule has 25 heavy (non-hydrogen) atoms. The van der Waals surface area contributed by atoms with Crippen molar-refractivity contribution in [2.45, 2.75) is 72.4 Å². The van der Waals surface area contributed by atoms with Crippen LogP contribution in [-0.4, -0.2) is 29.6 Å². The van der Waals surface area contributed by atoms with Crippen LogP contribution in [0.15, 0.2) is 30.3 Å². The maximum atomic E-state index is 12.2. The van der Waals surface area contributed by atoms with E-state index in [9.17, 15) is 4.79 Å². The van der Waals surface area contributed by atoms with Crippen LogP contribution in [0.3, 0.4) is 0 Å². The normalized spacial score (nSPS) is 26.6. The van der Waals surface area contributed by atoms with Crippen LogP contribution in [0.2, 0.25) is 0 Å². The van der Waals surface area contributed by atoms with Crippen LogP contribution in [0.25, 0.3) is 0 Å². The summed E-state index contributed by atoms with van der Waals surface area (Å²) in [7, 11) is 0. The Bertz CT molecular complexity index is 556. The number of carbonyl (C=O) groups is 1. The minimum atomic E-state index is -0.0248. The number of rotatable bonds is 7. The third-order valence-electron chi connectivity index (χ3n) is 6.29. The molecule has 2 atom stereocenters. The van der Waals surface area contributed by atoms with Gasteiger partial charge in [-0.05, 0) is 49.5 Å². The topological polar surface area (TPSA) is 29.5 Å². The summed E-state index contributed by atoms with van der Waals surface area (Å²) in [5, 5.41) is 0. The average Bonchev–Trinajstić information content (AvgIpc) is 2.59. The lowest BCUT2D eigenvalue weighted by Gasteiger charge is -2.49. The van der Waals surface area contributed by atoms with Gasteiger partial charge in [-0.2, -0.15) is 0 Å². The minimum absolute atomic E-state index is 0.0248. The molecule has 2 rings (SSSR count). The van der Waals surface area contributed by atoms with E-state index in [2.05, 4.69) is 39.8 Å². The zero-order chi connectivity index (χ0) is 18.5. The molecule has 1 aliphatic heterocycles. The molecule has 0 saturated carbocycles. The Morgan fingerprint density at radius 3 is 2.52 bits per heavy atom. The summed E-state index contributed by atoms with van der Waals surface area (Å²) >= 11 is 0. The van der Waals surface area contributed by atoms with Crippen molar-refractivity contribution in [3.05, 3.63) is 35.9 Å². The summed E-state index contributed by atoms with van der Waals surface area (Å²) in [4.78, 5) is 14.2. The Hall–Kier alpha value is -1.35. The maximum absolute atomic E-state index is 12.2. The summed E-state index contributed by atoms with van der Waals surface area (Å²) in [5.74, 6) is 0.751. The van der Waals surface area contributed by atoms with Crippen LogP contribution >= 0.6 is 0 Å². The zero-order valence-electron chi connectivity index (χ0n) is 16.7. The number of hydrogen-bond acceptors (Lipinski definition) is 2. The van der Waals surface area contributed by atoms with E-state index >= 15 is 0 Å². The third kappa shape index (κ3) is 5.07. The molecule has 1 heterocycles. The molecule has 0 N–H and O–H groups in total. The SMILES string of the molecule is CC[C@@]1(C)C[C@@](CCN(Cc2ccccc2)C(C)=O)(C(C)C)CCO1. The van der Waals surface area contributed by atoms with Crippen LogP contribution in [0.1, 0.15) is 65.9 Å². The van der Waals surface area contributed by atoms with Crippen LogP contribution in [0, 0.1) is 11.3 Å². The molecule has 1 aromatic rings. The first-order valence-corrected chi connectivity index (χ1v) is 9.74. The second-order valence-corrected chi connectivity index (χ2v) is 8.27. The van der Waals surface area contributed by atoms with Crippen molar-refractivity contribution in [2.24, 2.45) is 11.3 Å². The van der Waals surface area contributed by atoms with E-state index in [1.807, 2.05) is 23.1 Å². The fourth-order valence-corrected chi connectivity index (χ4v) is 4.12. The summed E-state index contributed by atoms with van der Waals surface area (Å²) in [6.07, 6.45) is 4.28. The number of hydrogen-bond donors (Lipinski definition) is 0. The van der Waals surface area contributed by atoms with Gasteiger partial charge < -0.3 is 9.64 Å². The van der Waals surface area contributed by atoms with Crippen molar-refractivity contribution in [1.82, 2.24) is 4.90 Å². The largest absolute Gasteiger partial charge is 0.375 e. The maximum Gasteiger partial charge on any atom is 0.219 e. The molecule has 0 unspecified atom stereocenters. The highest BCUT2D eigenvalue weighted by Gasteiger charge is 2.44. The molecule has 1 aliphatic rings. The van der Waals surface area contributed by atoms with E-state index < -0.39 is 0 Å². The van der Waals surface area contributed by atoms with Crippen LogP contribution in [-0.2, 0) is 16.1 Å². The molecule has 1 fully saturated rings. The van der Waals surface area contributed by atoms with Gasteiger partial charge in [-0.1, -0.05) is 51.1 Å².